The highest BCUT2D eigenvalue weighted by Gasteiger charge is 2.13. The largest absolute Gasteiger partial charge is 0.338 e. The Bertz CT molecular complexity index is 815. The van der Waals surface area contributed by atoms with E-state index in [1.165, 1.54) is 6.07 Å². The molecule has 3 aromatic rings. The molecule has 2 aromatic heterocycles. The van der Waals surface area contributed by atoms with E-state index in [0.717, 1.165) is 0 Å². The zero-order valence-corrected chi connectivity index (χ0v) is 11.7. The maximum atomic E-state index is 13.5. The van der Waals surface area contributed by atoms with Gasteiger partial charge in [0.15, 0.2) is 0 Å². The fourth-order valence-corrected chi connectivity index (χ4v) is 1.89. The predicted octanol–water partition coefficient (Wildman–Crippen LogP) is 3.44. The summed E-state index contributed by atoms with van der Waals surface area (Å²) in [5, 5.41) is 6.37. The number of hydrogen-bond donors (Lipinski definition) is 1. The van der Waals surface area contributed by atoms with Crippen molar-refractivity contribution in [1.29, 1.82) is 0 Å². The SMILES string of the molecule is Cc1ccc(C(=O)Nc2cc(-c3ccccn3)no2)cc1F. The Labute approximate surface area is 125 Å². The summed E-state index contributed by atoms with van der Waals surface area (Å²) in [7, 11) is 0. The first kappa shape index (κ1) is 13.9. The number of aryl methyl sites for hydroxylation is 1. The number of benzene rings is 1. The number of hydrogen-bond acceptors (Lipinski definition) is 4. The number of halogens is 1. The minimum atomic E-state index is -0.470. The number of nitrogens with zero attached hydrogens (tertiary/aromatic N) is 2. The molecule has 0 saturated carbocycles. The number of amides is 1. The third-order valence-corrected chi connectivity index (χ3v) is 3.11. The van der Waals surface area contributed by atoms with E-state index in [-0.39, 0.29) is 11.4 Å². The van der Waals surface area contributed by atoms with E-state index in [9.17, 15) is 9.18 Å². The molecule has 22 heavy (non-hydrogen) atoms. The van der Waals surface area contributed by atoms with Crippen LogP contribution in [0.5, 0.6) is 0 Å². The summed E-state index contributed by atoms with van der Waals surface area (Å²) in [6, 6.07) is 11.2. The van der Waals surface area contributed by atoms with Crippen LogP contribution in [0.15, 0.2) is 53.2 Å². The molecule has 0 bridgehead atoms. The maximum Gasteiger partial charge on any atom is 0.258 e. The van der Waals surface area contributed by atoms with Crippen LogP contribution in [0.3, 0.4) is 0 Å². The lowest BCUT2D eigenvalue weighted by Crippen LogP contribution is -2.11. The van der Waals surface area contributed by atoms with Gasteiger partial charge in [0.25, 0.3) is 5.91 Å². The summed E-state index contributed by atoms with van der Waals surface area (Å²) in [6.07, 6.45) is 1.64. The van der Waals surface area contributed by atoms with Crippen LogP contribution < -0.4 is 5.32 Å². The van der Waals surface area contributed by atoms with E-state index in [1.807, 2.05) is 6.07 Å². The van der Waals surface area contributed by atoms with E-state index in [2.05, 4.69) is 15.5 Å². The van der Waals surface area contributed by atoms with Crippen molar-refractivity contribution in [1.82, 2.24) is 10.1 Å². The topological polar surface area (TPSA) is 68.0 Å². The molecule has 5 nitrogen and oxygen atoms in total. The zero-order valence-electron chi connectivity index (χ0n) is 11.7. The second kappa shape index (κ2) is 5.77. The van der Waals surface area contributed by atoms with Gasteiger partial charge in [-0.2, -0.15) is 0 Å². The van der Waals surface area contributed by atoms with Gasteiger partial charge in [-0.3, -0.25) is 15.1 Å². The van der Waals surface area contributed by atoms with Crippen molar-refractivity contribution in [3.05, 3.63) is 65.6 Å². The van der Waals surface area contributed by atoms with Crippen molar-refractivity contribution in [3.63, 3.8) is 0 Å². The van der Waals surface area contributed by atoms with Crippen LogP contribution in [-0.2, 0) is 0 Å². The first-order valence-electron chi connectivity index (χ1n) is 6.59. The van der Waals surface area contributed by atoms with Gasteiger partial charge in [0.05, 0.1) is 5.69 Å². The Balaban J connectivity index is 1.77. The van der Waals surface area contributed by atoms with Gasteiger partial charge in [-0.05, 0) is 36.8 Å². The molecule has 1 amide bonds. The van der Waals surface area contributed by atoms with E-state index in [0.29, 0.717) is 17.0 Å². The summed E-state index contributed by atoms with van der Waals surface area (Å²) in [6.45, 7) is 1.63. The van der Waals surface area contributed by atoms with E-state index >= 15 is 0 Å². The molecule has 2 heterocycles. The van der Waals surface area contributed by atoms with Crippen LogP contribution in [0.1, 0.15) is 15.9 Å². The Hall–Kier alpha value is -3.02. The third-order valence-electron chi connectivity index (χ3n) is 3.11. The number of anilines is 1. The average molecular weight is 297 g/mol. The number of pyridine rings is 1. The molecular formula is C16H12FN3O2. The highest BCUT2D eigenvalue weighted by atomic mass is 19.1. The molecule has 6 heteroatoms. The lowest BCUT2D eigenvalue weighted by Gasteiger charge is -2.02. The van der Waals surface area contributed by atoms with E-state index in [1.54, 1.807) is 43.5 Å². The highest BCUT2D eigenvalue weighted by molar-refractivity contribution is 6.03. The van der Waals surface area contributed by atoms with Gasteiger partial charge in [0.1, 0.15) is 11.5 Å². The van der Waals surface area contributed by atoms with Gasteiger partial charge in [-0.25, -0.2) is 4.39 Å². The molecule has 0 spiro atoms. The Morgan fingerprint density at radius 1 is 1.18 bits per heavy atom. The molecule has 0 fully saturated rings. The molecule has 0 radical (unpaired) electrons. The van der Waals surface area contributed by atoms with Crippen molar-refractivity contribution >= 4 is 11.8 Å². The molecule has 110 valence electrons. The first-order valence-corrected chi connectivity index (χ1v) is 6.59. The number of nitrogens with one attached hydrogen (secondary N) is 1. The number of carbonyl (C=O) groups is 1. The Morgan fingerprint density at radius 2 is 2.05 bits per heavy atom. The minimum Gasteiger partial charge on any atom is -0.338 e. The highest BCUT2D eigenvalue weighted by Crippen LogP contribution is 2.20. The van der Waals surface area contributed by atoms with Gasteiger partial charge in [-0.15, -0.1) is 0 Å². The molecule has 0 aliphatic carbocycles. The van der Waals surface area contributed by atoms with Gasteiger partial charge in [0, 0.05) is 17.8 Å². The predicted molar refractivity (Wildman–Crippen MR) is 78.8 cm³/mol. The lowest BCUT2D eigenvalue weighted by atomic mass is 10.1. The molecule has 0 unspecified atom stereocenters. The quantitative estimate of drug-likeness (QED) is 0.804. The van der Waals surface area contributed by atoms with Crippen molar-refractivity contribution in [2.75, 3.05) is 5.32 Å². The zero-order chi connectivity index (χ0) is 15.5. The second-order valence-corrected chi connectivity index (χ2v) is 4.71. The number of aromatic nitrogens is 2. The number of carbonyl (C=O) groups excluding carboxylic acids is 1. The molecular weight excluding hydrogens is 285 g/mol. The molecule has 1 N–H and O–H groups in total. The average Bonchev–Trinajstić information content (AvgIpc) is 2.99. The standard InChI is InChI=1S/C16H12FN3O2/c1-10-5-6-11(8-12(10)17)16(21)19-15-9-14(20-22-15)13-4-2-3-7-18-13/h2-9H,1H3,(H,19,21). The van der Waals surface area contributed by atoms with Crippen LogP contribution in [0.4, 0.5) is 10.3 Å². The molecule has 3 rings (SSSR count). The molecule has 0 atom stereocenters. The van der Waals surface area contributed by atoms with Crippen molar-refractivity contribution in [3.8, 4) is 11.4 Å². The van der Waals surface area contributed by atoms with Crippen molar-refractivity contribution in [2.24, 2.45) is 0 Å². The van der Waals surface area contributed by atoms with Crippen LogP contribution >= 0.6 is 0 Å². The monoisotopic (exact) mass is 297 g/mol. The van der Waals surface area contributed by atoms with Gasteiger partial charge >= 0.3 is 0 Å². The summed E-state index contributed by atoms with van der Waals surface area (Å²) in [4.78, 5) is 16.2. The van der Waals surface area contributed by atoms with Crippen LogP contribution in [0.25, 0.3) is 11.4 Å². The van der Waals surface area contributed by atoms with Crippen molar-refractivity contribution < 1.29 is 13.7 Å². The minimum absolute atomic E-state index is 0.173. The van der Waals surface area contributed by atoms with Crippen LogP contribution in [-0.4, -0.2) is 16.0 Å². The first-order chi connectivity index (χ1) is 10.6. The summed E-state index contributed by atoms with van der Waals surface area (Å²) < 4.78 is 18.5. The normalized spacial score (nSPS) is 10.5. The summed E-state index contributed by atoms with van der Waals surface area (Å²) in [5.74, 6) is -0.728. The van der Waals surface area contributed by atoms with Crippen molar-refractivity contribution in [2.45, 2.75) is 6.92 Å². The lowest BCUT2D eigenvalue weighted by molar-refractivity contribution is 0.102. The van der Waals surface area contributed by atoms with E-state index < -0.39 is 11.7 Å². The summed E-state index contributed by atoms with van der Waals surface area (Å²) in [5.41, 5.74) is 1.83. The van der Waals surface area contributed by atoms with Gasteiger partial charge in [-0.1, -0.05) is 17.3 Å². The van der Waals surface area contributed by atoms with E-state index in [4.69, 9.17) is 4.52 Å². The summed E-state index contributed by atoms with van der Waals surface area (Å²) >= 11 is 0. The maximum absolute atomic E-state index is 13.5. The number of rotatable bonds is 3. The van der Waals surface area contributed by atoms with Crippen LogP contribution in [0.2, 0.25) is 0 Å². The second-order valence-electron chi connectivity index (χ2n) is 4.71. The Kier molecular flexibility index (Phi) is 3.65. The van der Waals surface area contributed by atoms with Gasteiger partial charge in [0.2, 0.25) is 5.88 Å². The van der Waals surface area contributed by atoms with Crippen LogP contribution in [0, 0.1) is 12.7 Å². The third kappa shape index (κ3) is 2.85. The Morgan fingerprint density at radius 3 is 2.77 bits per heavy atom. The fourth-order valence-electron chi connectivity index (χ4n) is 1.89. The molecule has 0 aliphatic rings. The molecule has 1 aromatic carbocycles. The van der Waals surface area contributed by atoms with Gasteiger partial charge < -0.3 is 4.52 Å². The fraction of sp³-hybridized carbons (Fsp3) is 0.0625. The molecule has 0 saturated heterocycles. The molecule has 0 aliphatic heterocycles. The smallest absolute Gasteiger partial charge is 0.258 e.